The van der Waals surface area contributed by atoms with Crippen molar-refractivity contribution < 1.29 is 14.2 Å². The van der Waals surface area contributed by atoms with Gasteiger partial charge in [-0.2, -0.15) is 0 Å². The summed E-state index contributed by atoms with van der Waals surface area (Å²) in [6.07, 6.45) is 12.3. The molecule has 0 fully saturated rings. The first-order valence-electron chi connectivity index (χ1n) is 12.7. The largest absolute Gasteiger partial charge is 0.327 e. The molecule has 1 unspecified atom stereocenters. The van der Waals surface area contributed by atoms with Gasteiger partial charge in [-0.25, -0.2) is 0 Å². The molecular formula is C27H47ClO3. The summed E-state index contributed by atoms with van der Waals surface area (Å²) in [6.45, 7) is 10.5. The Balaban J connectivity index is 3.19. The molecule has 0 saturated heterocycles. The summed E-state index contributed by atoms with van der Waals surface area (Å²) in [4.78, 5) is 0. The Morgan fingerprint density at radius 1 is 0.774 bits per heavy atom. The molecule has 0 amide bonds. The molecule has 0 radical (unpaired) electrons. The SMILES string of the molecule is CCCCCCCCC(c1cccc(CCCl)c1)C(OCCC)(OCCC)OCCC. The van der Waals surface area contributed by atoms with Crippen molar-refractivity contribution in [2.45, 2.75) is 110 Å². The molecule has 0 saturated carbocycles. The minimum Gasteiger partial charge on any atom is -0.327 e. The Kier molecular flexibility index (Phi) is 16.4. The lowest BCUT2D eigenvalue weighted by atomic mass is 9.89. The summed E-state index contributed by atoms with van der Waals surface area (Å²) in [6, 6.07) is 8.77. The number of alkyl halides is 1. The number of hydrogen-bond acceptors (Lipinski definition) is 3. The first-order chi connectivity index (χ1) is 15.2. The van der Waals surface area contributed by atoms with E-state index in [-0.39, 0.29) is 5.92 Å². The van der Waals surface area contributed by atoms with Crippen LogP contribution in [-0.4, -0.2) is 31.7 Å². The van der Waals surface area contributed by atoms with Crippen molar-refractivity contribution in [3.63, 3.8) is 0 Å². The number of rotatable bonds is 20. The molecule has 1 atom stereocenters. The molecule has 0 spiro atoms. The van der Waals surface area contributed by atoms with Crippen LogP contribution in [0.15, 0.2) is 24.3 Å². The van der Waals surface area contributed by atoms with Crippen molar-refractivity contribution in [2.24, 2.45) is 0 Å². The van der Waals surface area contributed by atoms with E-state index in [0.717, 1.165) is 38.5 Å². The lowest BCUT2D eigenvalue weighted by Crippen LogP contribution is -2.46. The van der Waals surface area contributed by atoms with Gasteiger partial charge < -0.3 is 14.2 Å². The molecule has 0 bridgehead atoms. The molecule has 0 N–H and O–H groups in total. The average molecular weight is 455 g/mol. The molecule has 3 nitrogen and oxygen atoms in total. The molecule has 180 valence electrons. The zero-order valence-corrected chi connectivity index (χ0v) is 21.4. The van der Waals surface area contributed by atoms with Crippen LogP contribution in [0.1, 0.15) is 109 Å². The normalized spacial score (nSPS) is 12.9. The van der Waals surface area contributed by atoms with Crippen LogP contribution in [0.3, 0.4) is 0 Å². The van der Waals surface area contributed by atoms with Gasteiger partial charge in [0.2, 0.25) is 0 Å². The quantitative estimate of drug-likeness (QED) is 0.113. The van der Waals surface area contributed by atoms with Gasteiger partial charge in [0, 0.05) is 5.88 Å². The summed E-state index contributed by atoms with van der Waals surface area (Å²) >= 11 is 6.03. The standard InChI is InChI=1S/C27H47ClO3/c1-5-9-10-11-12-13-17-26(25-16-14-15-24(23-25)18-19-28)27(29-20-6-2,30-21-7-3)31-22-8-4/h14-16,23,26H,5-13,17-22H2,1-4H3. The van der Waals surface area contributed by atoms with Crippen LogP contribution in [-0.2, 0) is 20.6 Å². The molecular weight excluding hydrogens is 408 g/mol. The zero-order valence-electron chi connectivity index (χ0n) is 20.6. The second-order valence-electron chi connectivity index (χ2n) is 8.44. The van der Waals surface area contributed by atoms with Crippen LogP contribution in [0.5, 0.6) is 0 Å². The van der Waals surface area contributed by atoms with Gasteiger partial charge in [-0.3, -0.25) is 0 Å². The Morgan fingerprint density at radius 2 is 1.35 bits per heavy atom. The molecule has 0 aromatic heterocycles. The number of aryl methyl sites for hydroxylation is 1. The van der Waals surface area contributed by atoms with Crippen LogP contribution in [0.4, 0.5) is 0 Å². The number of halogens is 1. The average Bonchev–Trinajstić information content (AvgIpc) is 2.79. The predicted molar refractivity (Wildman–Crippen MR) is 133 cm³/mol. The second-order valence-corrected chi connectivity index (χ2v) is 8.82. The Hall–Kier alpha value is -0.610. The van der Waals surface area contributed by atoms with E-state index in [1.807, 2.05) is 0 Å². The van der Waals surface area contributed by atoms with Crippen molar-refractivity contribution in [2.75, 3.05) is 25.7 Å². The van der Waals surface area contributed by atoms with Gasteiger partial charge >= 0.3 is 0 Å². The third-order valence-corrected chi connectivity index (χ3v) is 5.72. The number of ether oxygens (including phenoxy) is 3. The fraction of sp³-hybridized carbons (Fsp3) is 0.778. The van der Waals surface area contributed by atoms with Gasteiger partial charge in [-0.05, 0) is 43.2 Å². The number of hydrogen-bond donors (Lipinski definition) is 0. The summed E-state index contributed by atoms with van der Waals surface area (Å²) in [5.41, 5.74) is 2.50. The van der Waals surface area contributed by atoms with Gasteiger partial charge in [0.05, 0.1) is 25.7 Å². The van der Waals surface area contributed by atoms with Crippen LogP contribution in [0.25, 0.3) is 0 Å². The van der Waals surface area contributed by atoms with E-state index >= 15 is 0 Å². The van der Waals surface area contributed by atoms with Crippen LogP contribution in [0.2, 0.25) is 0 Å². The molecule has 0 aliphatic carbocycles. The van der Waals surface area contributed by atoms with Crippen molar-refractivity contribution >= 4 is 11.6 Å². The van der Waals surface area contributed by atoms with E-state index in [1.54, 1.807) is 0 Å². The Labute approximate surface area is 197 Å². The van der Waals surface area contributed by atoms with Gasteiger partial charge in [0.25, 0.3) is 5.97 Å². The minimum absolute atomic E-state index is 0.0404. The maximum absolute atomic E-state index is 6.42. The summed E-state index contributed by atoms with van der Waals surface area (Å²) in [5, 5.41) is 0. The first kappa shape index (κ1) is 28.4. The van der Waals surface area contributed by atoms with Crippen LogP contribution >= 0.6 is 11.6 Å². The fourth-order valence-electron chi connectivity index (χ4n) is 3.91. The summed E-state index contributed by atoms with van der Waals surface area (Å²) < 4.78 is 19.3. The molecule has 1 aromatic carbocycles. The summed E-state index contributed by atoms with van der Waals surface area (Å²) in [5.74, 6) is -0.356. The highest BCUT2D eigenvalue weighted by atomic mass is 35.5. The molecule has 1 aromatic rings. The fourth-order valence-corrected chi connectivity index (χ4v) is 4.13. The topological polar surface area (TPSA) is 27.7 Å². The molecule has 0 aliphatic rings. The highest BCUT2D eigenvalue weighted by molar-refractivity contribution is 6.17. The number of benzene rings is 1. The minimum atomic E-state index is -1.02. The molecule has 31 heavy (non-hydrogen) atoms. The van der Waals surface area contributed by atoms with Crippen molar-refractivity contribution in [1.82, 2.24) is 0 Å². The Bertz CT molecular complexity index is 527. The smallest absolute Gasteiger partial charge is 0.290 e. The second kappa shape index (κ2) is 17.9. The van der Waals surface area contributed by atoms with E-state index in [0.29, 0.717) is 25.7 Å². The van der Waals surface area contributed by atoms with E-state index in [2.05, 4.69) is 52.0 Å². The zero-order chi connectivity index (χ0) is 22.8. The van der Waals surface area contributed by atoms with Gasteiger partial charge in [-0.1, -0.05) is 90.5 Å². The lowest BCUT2D eigenvalue weighted by Gasteiger charge is -2.40. The molecule has 4 heteroatoms. The molecule has 0 aliphatic heterocycles. The van der Waals surface area contributed by atoms with Crippen LogP contribution < -0.4 is 0 Å². The highest BCUT2D eigenvalue weighted by Gasteiger charge is 2.43. The lowest BCUT2D eigenvalue weighted by molar-refractivity contribution is -0.392. The maximum atomic E-state index is 6.42. The Morgan fingerprint density at radius 3 is 1.90 bits per heavy atom. The maximum Gasteiger partial charge on any atom is 0.290 e. The summed E-state index contributed by atoms with van der Waals surface area (Å²) in [7, 11) is 0. The monoisotopic (exact) mass is 454 g/mol. The van der Waals surface area contributed by atoms with E-state index < -0.39 is 5.97 Å². The van der Waals surface area contributed by atoms with E-state index in [9.17, 15) is 0 Å². The van der Waals surface area contributed by atoms with Crippen molar-refractivity contribution in [1.29, 1.82) is 0 Å². The predicted octanol–water partition coefficient (Wildman–Crippen LogP) is 8.24. The van der Waals surface area contributed by atoms with Crippen molar-refractivity contribution in [3.05, 3.63) is 35.4 Å². The van der Waals surface area contributed by atoms with Gasteiger partial charge in [0.1, 0.15) is 0 Å². The van der Waals surface area contributed by atoms with Crippen molar-refractivity contribution in [3.8, 4) is 0 Å². The van der Waals surface area contributed by atoms with Gasteiger partial charge in [0.15, 0.2) is 0 Å². The van der Waals surface area contributed by atoms with Gasteiger partial charge in [-0.15, -0.1) is 11.6 Å². The van der Waals surface area contributed by atoms with E-state index in [4.69, 9.17) is 25.8 Å². The third-order valence-electron chi connectivity index (χ3n) is 5.53. The molecule has 0 heterocycles. The number of unbranched alkanes of at least 4 members (excludes halogenated alkanes) is 5. The highest BCUT2D eigenvalue weighted by Crippen LogP contribution is 2.39. The van der Waals surface area contributed by atoms with E-state index in [1.165, 1.54) is 43.2 Å². The third kappa shape index (κ3) is 10.7. The molecule has 1 rings (SSSR count). The van der Waals surface area contributed by atoms with Crippen LogP contribution in [0, 0.1) is 0 Å². The first-order valence-corrected chi connectivity index (χ1v) is 13.3.